The Labute approximate surface area is 99.4 Å². The van der Waals surface area contributed by atoms with Crippen LogP contribution in [-0.4, -0.2) is 25.7 Å². The van der Waals surface area contributed by atoms with Crippen molar-refractivity contribution in [3.05, 3.63) is 17.0 Å². The molecule has 16 heavy (non-hydrogen) atoms. The molecule has 0 bridgehead atoms. The van der Waals surface area contributed by atoms with E-state index in [0.29, 0.717) is 4.21 Å². The Bertz CT molecular complexity index is 474. The maximum atomic E-state index is 12.0. The molecule has 1 heterocycles. The molecule has 0 spiro atoms. The minimum atomic E-state index is -3.45. The van der Waals surface area contributed by atoms with Gasteiger partial charge in [-0.3, -0.25) is 0 Å². The fraction of sp³-hybridized carbons (Fsp3) is 0.600. The highest BCUT2D eigenvalue weighted by Gasteiger charge is 2.45. The van der Waals surface area contributed by atoms with Crippen molar-refractivity contribution >= 4 is 21.4 Å². The second-order valence-corrected chi connectivity index (χ2v) is 7.20. The fourth-order valence-electron chi connectivity index (χ4n) is 1.47. The molecule has 1 aromatic rings. The monoisotopic (exact) mass is 261 g/mol. The van der Waals surface area contributed by atoms with Gasteiger partial charge in [0, 0.05) is 4.88 Å². The van der Waals surface area contributed by atoms with Gasteiger partial charge in [-0.15, -0.1) is 11.3 Å². The van der Waals surface area contributed by atoms with Crippen LogP contribution in [0.5, 0.6) is 0 Å². The van der Waals surface area contributed by atoms with E-state index in [4.69, 9.17) is 5.11 Å². The summed E-state index contributed by atoms with van der Waals surface area (Å²) in [6.07, 6.45) is 2.27. The molecule has 0 saturated heterocycles. The average molecular weight is 261 g/mol. The maximum Gasteiger partial charge on any atom is 0.250 e. The third-order valence-electron chi connectivity index (χ3n) is 2.76. The van der Waals surface area contributed by atoms with Crippen molar-refractivity contribution in [3.63, 3.8) is 0 Å². The summed E-state index contributed by atoms with van der Waals surface area (Å²) in [5, 5.41) is 9.09. The van der Waals surface area contributed by atoms with E-state index in [-0.39, 0.29) is 6.61 Å². The largest absolute Gasteiger partial charge is 0.394 e. The molecule has 0 aliphatic heterocycles. The predicted molar refractivity (Wildman–Crippen MR) is 63.1 cm³/mol. The number of aryl methyl sites for hydroxylation is 1. The van der Waals surface area contributed by atoms with Gasteiger partial charge in [-0.25, -0.2) is 13.1 Å². The van der Waals surface area contributed by atoms with Gasteiger partial charge in [0.1, 0.15) is 4.21 Å². The van der Waals surface area contributed by atoms with E-state index in [9.17, 15) is 8.42 Å². The van der Waals surface area contributed by atoms with Crippen LogP contribution in [0.2, 0.25) is 0 Å². The third kappa shape index (κ3) is 2.29. The van der Waals surface area contributed by atoms with E-state index in [2.05, 4.69) is 4.72 Å². The van der Waals surface area contributed by atoms with E-state index in [1.165, 1.54) is 11.3 Å². The molecule has 0 aromatic carbocycles. The van der Waals surface area contributed by atoms with Crippen LogP contribution in [-0.2, 0) is 16.4 Å². The Balaban J connectivity index is 2.19. The molecule has 90 valence electrons. The van der Waals surface area contributed by atoms with Crippen molar-refractivity contribution in [2.45, 2.75) is 35.9 Å². The summed E-state index contributed by atoms with van der Waals surface area (Å²) in [6, 6.07) is 3.46. The maximum absolute atomic E-state index is 12.0. The quantitative estimate of drug-likeness (QED) is 0.834. The molecular weight excluding hydrogens is 246 g/mol. The average Bonchev–Trinajstić information content (AvgIpc) is 2.82. The molecule has 0 unspecified atom stereocenters. The first-order chi connectivity index (χ1) is 7.51. The standard InChI is InChI=1S/C10H15NO3S2/c1-2-8-3-4-9(15-8)16(13,14)11-10(7-12)5-6-10/h3-4,11-12H,2,5-7H2,1H3. The van der Waals surface area contributed by atoms with E-state index < -0.39 is 15.6 Å². The van der Waals surface area contributed by atoms with Gasteiger partial charge in [0.25, 0.3) is 10.0 Å². The van der Waals surface area contributed by atoms with Crippen LogP contribution < -0.4 is 4.72 Å². The van der Waals surface area contributed by atoms with Crippen molar-refractivity contribution in [1.29, 1.82) is 0 Å². The first kappa shape index (κ1) is 12.0. The lowest BCUT2D eigenvalue weighted by Gasteiger charge is -2.13. The number of rotatable bonds is 5. The summed E-state index contributed by atoms with van der Waals surface area (Å²) in [5.41, 5.74) is -0.588. The summed E-state index contributed by atoms with van der Waals surface area (Å²) in [4.78, 5) is 1.05. The van der Waals surface area contributed by atoms with Gasteiger partial charge in [0.2, 0.25) is 0 Å². The molecule has 0 radical (unpaired) electrons. The Kier molecular flexibility index (Phi) is 3.09. The van der Waals surface area contributed by atoms with Crippen LogP contribution >= 0.6 is 11.3 Å². The molecule has 4 nitrogen and oxygen atoms in total. The highest BCUT2D eigenvalue weighted by atomic mass is 32.2. The van der Waals surface area contributed by atoms with Gasteiger partial charge in [0.15, 0.2) is 0 Å². The van der Waals surface area contributed by atoms with Crippen LogP contribution in [0, 0.1) is 0 Å². The number of aliphatic hydroxyl groups is 1. The lowest BCUT2D eigenvalue weighted by atomic mass is 10.3. The number of aliphatic hydroxyl groups excluding tert-OH is 1. The number of nitrogens with one attached hydrogen (secondary N) is 1. The lowest BCUT2D eigenvalue weighted by Crippen LogP contribution is -2.39. The van der Waals surface area contributed by atoms with Crippen LogP contribution in [0.25, 0.3) is 0 Å². The Morgan fingerprint density at radius 1 is 1.50 bits per heavy atom. The zero-order valence-corrected chi connectivity index (χ0v) is 10.7. The van der Waals surface area contributed by atoms with Crippen molar-refractivity contribution in [2.75, 3.05) is 6.61 Å². The highest BCUT2D eigenvalue weighted by molar-refractivity contribution is 7.91. The van der Waals surface area contributed by atoms with E-state index in [1.54, 1.807) is 6.07 Å². The summed E-state index contributed by atoms with van der Waals surface area (Å²) in [5.74, 6) is 0. The molecular formula is C10H15NO3S2. The smallest absolute Gasteiger partial charge is 0.250 e. The van der Waals surface area contributed by atoms with Crippen LogP contribution in [0.1, 0.15) is 24.6 Å². The molecule has 2 N–H and O–H groups in total. The van der Waals surface area contributed by atoms with E-state index in [0.717, 1.165) is 24.1 Å². The van der Waals surface area contributed by atoms with Gasteiger partial charge in [-0.2, -0.15) is 0 Å². The molecule has 2 rings (SSSR count). The third-order valence-corrected chi connectivity index (χ3v) is 6.06. The van der Waals surface area contributed by atoms with Crippen molar-refractivity contribution in [2.24, 2.45) is 0 Å². The van der Waals surface area contributed by atoms with Crippen LogP contribution in [0.15, 0.2) is 16.3 Å². The van der Waals surface area contributed by atoms with Gasteiger partial charge in [-0.05, 0) is 31.4 Å². The molecule has 0 atom stereocenters. The van der Waals surface area contributed by atoms with Gasteiger partial charge in [0.05, 0.1) is 12.1 Å². The number of hydrogen-bond donors (Lipinski definition) is 2. The Morgan fingerprint density at radius 3 is 2.62 bits per heavy atom. The first-order valence-electron chi connectivity index (χ1n) is 5.25. The first-order valence-corrected chi connectivity index (χ1v) is 7.55. The normalized spacial score (nSPS) is 18.6. The topological polar surface area (TPSA) is 66.4 Å². The zero-order chi connectivity index (χ0) is 11.8. The van der Waals surface area contributed by atoms with Crippen molar-refractivity contribution in [3.8, 4) is 0 Å². The number of thiophene rings is 1. The van der Waals surface area contributed by atoms with Gasteiger partial charge >= 0.3 is 0 Å². The number of hydrogen-bond acceptors (Lipinski definition) is 4. The minimum absolute atomic E-state index is 0.127. The molecule has 1 aliphatic carbocycles. The molecule has 6 heteroatoms. The van der Waals surface area contributed by atoms with E-state index in [1.807, 2.05) is 13.0 Å². The summed E-state index contributed by atoms with van der Waals surface area (Å²) >= 11 is 1.29. The molecule has 1 fully saturated rings. The Morgan fingerprint density at radius 2 is 2.19 bits per heavy atom. The van der Waals surface area contributed by atoms with Crippen LogP contribution in [0.3, 0.4) is 0 Å². The van der Waals surface area contributed by atoms with Gasteiger partial charge in [-0.1, -0.05) is 6.92 Å². The summed E-state index contributed by atoms with van der Waals surface area (Å²) < 4.78 is 26.8. The molecule has 1 aliphatic rings. The van der Waals surface area contributed by atoms with Crippen molar-refractivity contribution < 1.29 is 13.5 Å². The molecule has 1 saturated carbocycles. The highest BCUT2D eigenvalue weighted by Crippen LogP contribution is 2.36. The number of sulfonamides is 1. The fourth-order valence-corrected chi connectivity index (χ4v) is 4.22. The minimum Gasteiger partial charge on any atom is -0.394 e. The van der Waals surface area contributed by atoms with Gasteiger partial charge < -0.3 is 5.11 Å². The lowest BCUT2D eigenvalue weighted by molar-refractivity contribution is 0.246. The van der Waals surface area contributed by atoms with E-state index >= 15 is 0 Å². The summed E-state index contributed by atoms with van der Waals surface area (Å²) in [7, 11) is -3.45. The summed E-state index contributed by atoms with van der Waals surface area (Å²) in [6.45, 7) is 1.87. The molecule has 1 aromatic heterocycles. The zero-order valence-electron chi connectivity index (χ0n) is 9.06. The molecule has 0 amide bonds. The Hall–Kier alpha value is -0.430. The van der Waals surface area contributed by atoms with Crippen LogP contribution in [0.4, 0.5) is 0 Å². The van der Waals surface area contributed by atoms with Crippen molar-refractivity contribution in [1.82, 2.24) is 4.72 Å². The SMILES string of the molecule is CCc1ccc(S(=O)(=O)NC2(CO)CC2)s1. The second kappa shape index (κ2) is 4.10. The predicted octanol–water partition coefficient (Wildman–Crippen LogP) is 1.11. The second-order valence-electron chi connectivity index (χ2n) is 4.12.